The zero-order valence-electron chi connectivity index (χ0n) is 9.57. The first-order chi connectivity index (χ1) is 8.91. The predicted octanol–water partition coefficient (Wildman–Crippen LogP) is 1.84. The van der Waals surface area contributed by atoms with Crippen LogP contribution >= 0.6 is 11.6 Å². The van der Waals surface area contributed by atoms with Crippen LogP contribution in [0.15, 0.2) is 18.2 Å². The summed E-state index contributed by atoms with van der Waals surface area (Å²) in [7, 11) is 0. The third kappa shape index (κ3) is 2.25. The van der Waals surface area contributed by atoms with E-state index in [0.717, 1.165) is 4.68 Å². The Balaban J connectivity index is 2.66. The number of hydrogen-bond donors (Lipinski definition) is 1. The second-order valence-electron chi connectivity index (χ2n) is 3.63. The molecule has 0 radical (unpaired) electrons. The van der Waals surface area contributed by atoms with Crippen LogP contribution in [0.25, 0.3) is 5.69 Å². The van der Waals surface area contributed by atoms with E-state index < -0.39 is 10.9 Å². The van der Waals surface area contributed by atoms with Gasteiger partial charge in [0, 0.05) is 11.1 Å². The number of nitro groups is 1. The van der Waals surface area contributed by atoms with E-state index in [1.54, 1.807) is 0 Å². The maximum Gasteiger partial charge on any atom is 0.358 e. The first-order valence-electron chi connectivity index (χ1n) is 5.01. The van der Waals surface area contributed by atoms with E-state index in [2.05, 4.69) is 10.3 Å². The monoisotopic (exact) mass is 282 g/mol. The highest BCUT2D eigenvalue weighted by Crippen LogP contribution is 2.27. The Morgan fingerprint density at radius 3 is 2.74 bits per heavy atom. The van der Waals surface area contributed by atoms with Crippen molar-refractivity contribution in [1.29, 1.82) is 0 Å². The van der Waals surface area contributed by atoms with E-state index in [1.165, 1.54) is 25.1 Å². The molecule has 98 valence electrons. The molecule has 2 aromatic rings. The minimum Gasteiger partial charge on any atom is -0.476 e. The van der Waals surface area contributed by atoms with Gasteiger partial charge in [0.2, 0.25) is 0 Å². The molecule has 0 aliphatic heterocycles. The van der Waals surface area contributed by atoms with Crippen molar-refractivity contribution in [3.63, 3.8) is 0 Å². The second-order valence-corrected chi connectivity index (χ2v) is 4.07. The topological polar surface area (TPSA) is 111 Å². The number of rotatable bonds is 3. The van der Waals surface area contributed by atoms with Gasteiger partial charge < -0.3 is 5.11 Å². The summed E-state index contributed by atoms with van der Waals surface area (Å²) in [4.78, 5) is 21.2. The summed E-state index contributed by atoms with van der Waals surface area (Å²) in [6.45, 7) is 1.46. The molecule has 1 heterocycles. The summed E-state index contributed by atoms with van der Waals surface area (Å²) in [5, 5.41) is 27.1. The molecule has 0 spiro atoms. The van der Waals surface area contributed by atoms with Crippen LogP contribution in [0, 0.1) is 17.0 Å². The van der Waals surface area contributed by atoms with Crippen molar-refractivity contribution in [3.05, 3.63) is 44.7 Å². The summed E-state index contributed by atoms with van der Waals surface area (Å²) in [6.07, 6.45) is 0. The Morgan fingerprint density at radius 1 is 1.53 bits per heavy atom. The van der Waals surface area contributed by atoms with E-state index in [4.69, 9.17) is 16.7 Å². The van der Waals surface area contributed by atoms with Crippen molar-refractivity contribution in [3.8, 4) is 5.69 Å². The molecular weight excluding hydrogens is 276 g/mol. The second kappa shape index (κ2) is 4.65. The predicted molar refractivity (Wildman–Crippen MR) is 64.7 cm³/mol. The summed E-state index contributed by atoms with van der Waals surface area (Å²) in [5.41, 5.74) is -0.244. The minimum absolute atomic E-state index is 0.104. The lowest BCUT2D eigenvalue weighted by atomic mass is 10.2. The van der Waals surface area contributed by atoms with Crippen molar-refractivity contribution in [1.82, 2.24) is 15.0 Å². The van der Waals surface area contributed by atoms with Gasteiger partial charge in [-0.15, -0.1) is 5.10 Å². The third-order valence-electron chi connectivity index (χ3n) is 2.46. The zero-order valence-corrected chi connectivity index (χ0v) is 10.3. The number of nitro benzene ring substituents is 1. The Bertz CT molecular complexity index is 682. The van der Waals surface area contributed by atoms with Crippen molar-refractivity contribution in [2.75, 3.05) is 0 Å². The molecule has 0 unspecified atom stereocenters. The van der Waals surface area contributed by atoms with Crippen LogP contribution in [-0.4, -0.2) is 31.0 Å². The number of hydrogen-bond acceptors (Lipinski definition) is 5. The highest BCUT2D eigenvalue weighted by atomic mass is 35.5. The zero-order chi connectivity index (χ0) is 14.2. The molecule has 2 rings (SSSR count). The fourth-order valence-electron chi connectivity index (χ4n) is 1.58. The minimum atomic E-state index is -1.25. The van der Waals surface area contributed by atoms with Crippen molar-refractivity contribution < 1.29 is 14.8 Å². The van der Waals surface area contributed by atoms with Gasteiger partial charge in [-0.25, -0.2) is 9.48 Å². The van der Waals surface area contributed by atoms with Crippen molar-refractivity contribution >= 4 is 23.3 Å². The maximum absolute atomic E-state index is 11.0. The fraction of sp³-hybridized carbons (Fsp3) is 0.100. The number of carboxylic acid groups (broad SMARTS) is 1. The first kappa shape index (κ1) is 13.0. The molecular formula is C10H7ClN4O4. The Hall–Kier alpha value is -2.48. The Kier molecular flexibility index (Phi) is 3.17. The number of benzene rings is 1. The average Bonchev–Trinajstić information content (AvgIpc) is 2.71. The first-order valence-corrected chi connectivity index (χ1v) is 5.39. The molecule has 1 N–H and O–H groups in total. The van der Waals surface area contributed by atoms with Crippen LogP contribution in [0.3, 0.4) is 0 Å². The number of carbonyl (C=O) groups is 1. The number of halogens is 1. The Labute approximate surface area is 111 Å². The molecule has 9 heteroatoms. The average molecular weight is 283 g/mol. The lowest BCUT2D eigenvalue weighted by molar-refractivity contribution is -0.384. The highest BCUT2D eigenvalue weighted by Gasteiger charge is 2.22. The van der Waals surface area contributed by atoms with E-state index in [-0.39, 0.29) is 27.8 Å². The molecule has 0 aliphatic carbocycles. The van der Waals surface area contributed by atoms with Gasteiger partial charge in [0.15, 0.2) is 5.69 Å². The van der Waals surface area contributed by atoms with E-state index in [1.807, 2.05) is 0 Å². The lowest BCUT2D eigenvalue weighted by Crippen LogP contribution is -2.05. The van der Waals surface area contributed by atoms with Gasteiger partial charge in [0.1, 0.15) is 5.69 Å². The molecule has 19 heavy (non-hydrogen) atoms. The Morgan fingerprint density at radius 2 is 2.21 bits per heavy atom. The van der Waals surface area contributed by atoms with E-state index in [0.29, 0.717) is 0 Å². The van der Waals surface area contributed by atoms with Gasteiger partial charge in [-0.2, -0.15) is 0 Å². The highest BCUT2D eigenvalue weighted by molar-refractivity contribution is 6.30. The molecule has 0 saturated heterocycles. The maximum atomic E-state index is 11.0. The smallest absolute Gasteiger partial charge is 0.358 e. The quantitative estimate of drug-likeness (QED) is 0.679. The van der Waals surface area contributed by atoms with Crippen LogP contribution in [0.1, 0.15) is 16.2 Å². The molecule has 8 nitrogen and oxygen atoms in total. The van der Waals surface area contributed by atoms with Gasteiger partial charge in [-0.05, 0) is 19.1 Å². The van der Waals surface area contributed by atoms with E-state index in [9.17, 15) is 14.9 Å². The van der Waals surface area contributed by atoms with Gasteiger partial charge in [-0.1, -0.05) is 16.8 Å². The van der Waals surface area contributed by atoms with Crippen LogP contribution in [0.4, 0.5) is 5.69 Å². The molecule has 0 bridgehead atoms. The molecule has 1 aromatic carbocycles. The normalized spacial score (nSPS) is 10.4. The van der Waals surface area contributed by atoms with Crippen LogP contribution in [-0.2, 0) is 0 Å². The third-order valence-corrected chi connectivity index (χ3v) is 2.69. The summed E-state index contributed by atoms with van der Waals surface area (Å²) in [5.74, 6) is -1.25. The van der Waals surface area contributed by atoms with Crippen molar-refractivity contribution in [2.45, 2.75) is 6.92 Å². The number of aromatic carboxylic acids is 1. The molecule has 1 aromatic heterocycles. The largest absolute Gasteiger partial charge is 0.476 e. The van der Waals surface area contributed by atoms with Gasteiger partial charge in [-0.3, -0.25) is 10.1 Å². The van der Waals surface area contributed by atoms with Gasteiger partial charge >= 0.3 is 5.97 Å². The molecule has 0 aliphatic rings. The van der Waals surface area contributed by atoms with Crippen molar-refractivity contribution in [2.24, 2.45) is 0 Å². The van der Waals surface area contributed by atoms with Crippen LogP contribution in [0.2, 0.25) is 5.02 Å². The lowest BCUT2D eigenvalue weighted by Gasteiger charge is -2.04. The summed E-state index contributed by atoms with van der Waals surface area (Å²) in [6, 6.07) is 4.00. The summed E-state index contributed by atoms with van der Waals surface area (Å²) >= 11 is 5.70. The number of nitrogens with zero attached hydrogens (tertiary/aromatic N) is 4. The van der Waals surface area contributed by atoms with Crippen LogP contribution in [0.5, 0.6) is 0 Å². The molecule has 0 amide bonds. The summed E-state index contributed by atoms with van der Waals surface area (Å²) < 4.78 is 1.10. The van der Waals surface area contributed by atoms with Gasteiger partial charge in [0.25, 0.3) is 5.69 Å². The molecule has 0 saturated carbocycles. The van der Waals surface area contributed by atoms with Crippen LogP contribution < -0.4 is 0 Å². The van der Waals surface area contributed by atoms with Gasteiger partial charge in [0.05, 0.1) is 10.6 Å². The molecule has 0 atom stereocenters. The number of carboxylic acids is 1. The SMILES string of the molecule is Cc1c(C(=O)O)nnn1-c1ccc(Cl)cc1[N+](=O)[O-]. The number of aromatic nitrogens is 3. The fourth-order valence-corrected chi connectivity index (χ4v) is 1.74. The van der Waals surface area contributed by atoms with E-state index >= 15 is 0 Å². The standard InChI is InChI=1S/C10H7ClN4O4/c1-5-9(10(16)17)12-13-14(5)7-3-2-6(11)4-8(7)15(18)19/h2-4H,1H3,(H,16,17). The molecule has 0 fully saturated rings.